The number of nitrogens with one attached hydrogen (secondary N) is 2. The van der Waals surface area contributed by atoms with Gasteiger partial charge in [-0.3, -0.25) is 0 Å². The van der Waals surface area contributed by atoms with E-state index in [9.17, 15) is 0 Å². The molecule has 8 bridgehead atoms. The average molecular weight is 735 g/mol. The van der Waals surface area contributed by atoms with Crippen LogP contribution in [0.25, 0.3) is 44.4 Å². The first-order valence-electron chi connectivity index (χ1n) is 20.9. The summed E-state index contributed by atoms with van der Waals surface area (Å²) in [5, 5.41) is 0. The molecule has 2 aromatic carbocycles. The van der Waals surface area contributed by atoms with Crippen LogP contribution in [0.5, 0.6) is 0 Å². The Hall–Kier alpha value is -5.84. The van der Waals surface area contributed by atoms with Gasteiger partial charge < -0.3 is 9.97 Å². The Balaban J connectivity index is 1.76. The Morgan fingerprint density at radius 2 is 0.786 bits per heavy atom. The van der Waals surface area contributed by atoms with Crippen molar-refractivity contribution >= 4 is 44.4 Å². The van der Waals surface area contributed by atoms with Crippen LogP contribution in [0.15, 0.2) is 72.8 Å². The normalized spacial score (nSPS) is 12.4. The van der Waals surface area contributed by atoms with Crippen LogP contribution < -0.4 is 0 Å². The lowest BCUT2D eigenvalue weighted by Gasteiger charge is -2.06. The van der Waals surface area contributed by atoms with Gasteiger partial charge in [0.25, 0.3) is 0 Å². The molecule has 4 heteroatoms. The number of hydrogen-bond donors (Lipinski definition) is 2. The molecule has 56 heavy (non-hydrogen) atoms. The minimum Gasteiger partial charge on any atom is -0.354 e. The highest BCUT2D eigenvalue weighted by Crippen LogP contribution is 2.41. The molecule has 0 saturated carbocycles. The van der Waals surface area contributed by atoms with Crippen molar-refractivity contribution in [2.45, 2.75) is 107 Å². The second-order valence-electron chi connectivity index (χ2n) is 14.4. The van der Waals surface area contributed by atoms with Gasteiger partial charge in [-0.15, -0.1) is 0 Å². The van der Waals surface area contributed by atoms with E-state index < -0.39 is 0 Å². The smallest absolute Gasteiger partial charge is 0.0850 e. The van der Waals surface area contributed by atoms with Crippen LogP contribution in [-0.2, 0) is 25.7 Å². The van der Waals surface area contributed by atoms with Gasteiger partial charge in [0.15, 0.2) is 0 Å². The summed E-state index contributed by atoms with van der Waals surface area (Å²) in [5.74, 6) is 14.5. The first kappa shape index (κ1) is 38.4. The van der Waals surface area contributed by atoms with E-state index in [0.717, 1.165) is 118 Å². The van der Waals surface area contributed by atoms with E-state index in [2.05, 4.69) is 150 Å². The number of hydrogen-bond acceptors (Lipinski definition) is 2. The van der Waals surface area contributed by atoms with Crippen molar-refractivity contribution in [1.29, 1.82) is 0 Å². The Labute approximate surface area is 333 Å². The molecular formula is C52H54N4. The lowest BCUT2D eigenvalue weighted by atomic mass is 9.95. The van der Waals surface area contributed by atoms with Gasteiger partial charge in [0, 0.05) is 22.2 Å². The lowest BCUT2D eigenvalue weighted by Crippen LogP contribution is -1.93. The largest absolute Gasteiger partial charge is 0.354 e. The van der Waals surface area contributed by atoms with Crippen LogP contribution in [0.1, 0.15) is 148 Å². The molecule has 2 aliphatic heterocycles. The van der Waals surface area contributed by atoms with Gasteiger partial charge in [-0.25, -0.2) is 9.97 Å². The van der Waals surface area contributed by atoms with E-state index in [0.29, 0.717) is 0 Å². The van der Waals surface area contributed by atoms with Crippen LogP contribution in [0.3, 0.4) is 0 Å². The van der Waals surface area contributed by atoms with Crippen molar-refractivity contribution in [2.24, 2.45) is 0 Å². The quantitative estimate of drug-likeness (QED) is 0.156. The van der Waals surface area contributed by atoms with Crippen molar-refractivity contribution in [1.82, 2.24) is 19.9 Å². The molecule has 0 unspecified atom stereocenters. The number of aromatic amines is 2. The lowest BCUT2D eigenvalue weighted by molar-refractivity contribution is 1.07. The van der Waals surface area contributed by atoms with Gasteiger partial charge in [-0.1, -0.05) is 115 Å². The maximum Gasteiger partial charge on any atom is 0.0850 e. The summed E-state index contributed by atoms with van der Waals surface area (Å²) in [4.78, 5) is 19.1. The zero-order valence-electron chi connectivity index (χ0n) is 34.5. The molecule has 5 aromatic rings. The highest BCUT2D eigenvalue weighted by molar-refractivity contribution is 5.99. The molecule has 0 radical (unpaired) electrons. The second-order valence-corrected chi connectivity index (χ2v) is 14.4. The number of nitrogens with zero attached hydrogens (tertiary/aromatic N) is 2. The monoisotopic (exact) mass is 734 g/mol. The summed E-state index contributed by atoms with van der Waals surface area (Å²) < 4.78 is 0. The molecule has 7 rings (SSSR count). The molecule has 0 fully saturated rings. The fraction of sp³-hybridized carbons (Fsp3) is 0.308. The summed E-state index contributed by atoms with van der Waals surface area (Å²) in [7, 11) is 0. The van der Waals surface area contributed by atoms with E-state index >= 15 is 0 Å². The molecule has 4 nitrogen and oxygen atoms in total. The summed E-state index contributed by atoms with van der Waals surface area (Å²) in [6, 6.07) is 25.2. The highest BCUT2D eigenvalue weighted by atomic mass is 14.8. The van der Waals surface area contributed by atoms with Crippen LogP contribution in [0.2, 0.25) is 0 Å². The minimum absolute atomic E-state index is 0.857. The van der Waals surface area contributed by atoms with Crippen molar-refractivity contribution in [3.8, 4) is 23.7 Å². The molecule has 282 valence electrons. The molecule has 0 saturated heterocycles. The van der Waals surface area contributed by atoms with Crippen LogP contribution >= 0.6 is 0 Å². The van der Waals surface area contributed by atoms with E-state index in [4.69, 9.17) is 9.97 Å². The third kappa shape index (κ3) is 6.95. The minimum atomic E-state index is 0.857. The third-order valence-electron chi connectivity index (χ3n) is 11.5. The summed E-state index contributed by atoms with van der Waals surface area (Å²) in [6.07, 6.45) is 7.00. The van der Waals surface area contributed by atoms with Gasteiger partial charge in [0.2, 0.25) is 0 Å². The second kappa shape index (κ2) is 16.9. The van der Waals surface area contributed by atoms with E-state index in [1.165, 1.54) is 44.5 Å². The first-order valence-corrected chi connectivity index (χ1v) is 20.9. The number of aryl methyl sites for hydroxylation is 4. The van der Waals surface area contributed by atoms with Gasteiger partial charge in [-0.05, 0) is 132 Å². The van der Waals surface area contributed by atoms with Gasteiger partial charge >= 0.3 is 0 Å². The molecule has 2 aliphatic rings. The van der Waals surface area contributed by atoms with Crippen molar-refractivity contribution in [3.63, 3.8) is 0 Å². The summed E-state index contributed by atoms with van der Waals surface area (Å²) in [6.45, 7) is 18.0. The molecule has 0 atom stereocenters. The molecule has 5 heterocycles. The van der Waals surface area contributed by atoms with Gasteiger partial charge in [-0.2, -0.15) is 0 Å². The molecular weight excluding hydrogens is 681 g/mol. The highest BCUT2D eigenvalue weighted by Gasteiger charge is 2.26. The maximum absolute atomic E-state index is 5.56. The summed E-state index contributed by atoms with van der Waals surface area (Å²) in [5.41, 5.74) is 22.5. The fourth-order valence-electron chi connectivity index (χ4n) is 8.83. The maximum atomic E-state index is 5.56. The number of allylic oxidation sites excluding steroid dienone is 4. The topological polar surface area (TPSA) is 57.4 Å². The Kier molecular flexibility index (Phi) is 11.6. The summed E-state index contributed by atoms with van der Waals surface area (Å²) >= 11 is 0. The van der Waals surface area contributed by atoms with E-state index in [-0.39, 0.29) is 0 Å². The number of fused-ring (bicyclic) bond motifs is 8. The number of H-pyrrole nitrogens is 2. The average Bonchev–Trinajstić information content (AvgIpc) is 3.98. The SMILES string of the molecule is CCC1=C(CC)c2nc1cc1nc(c(C#Cc3ccccc3)c3[nH]c(cc4[nH]c(c2C#Cc2ccccc2)c(CC)c4CC)c(CC)c3CC)C(CC)=C1CC. The predicted molar refractivity (Wildman–Crippen MR) is 238 cm³/mol. The van der Waals surface area contributed by atoms with Gasteiger partial charge in [0.1, 0.15) is 0 Å². The van der Waals surface area contributed by atoms with Crippen molar-refractivity contribution < 1.29 is 0 Å². The zero-order valence-corrected chi connectivity index (χ0v) is 34.5. The van der Waals surface area contributed by atoms with Gasteiger partial charge in [0.05, 0.1) is 44.9 Å². The molecule has 0 aliphatic carbocycles. The molecule has 2 N–H and O–H groups in total. The number of benzene rings is 2. The van der Waals surface area contributed by atoms with Crippen LogP contribution in [0.4, 0.5) is 0 Å². The van der Waals surface area contributed by atoms with E-state index in [1.54, 1.807) is 0 Å². The predicted octanol–water partition coefficient (Wildman–Crippen LogP) is 12.8. The van der Waals surface area contributed by atoms with E-state index in [1.807, 2.05) is 12.1 Å². The number of aromatic nitrogens is 4. The fourth-order valence-corrected chi connectivity index (χ4v) is 8.83. The molecule has 0 spiro atoms. The zero-order chi connectivity index (χ0) is 39.3. The van der Waals surface area contributed by atoms with Crippen LogP contribution in [-0.4, -0.2) is 19.9 Å². The Morgan fingerprint density at radius 1 is 0.411 bits per heavy atom. The first-order chi connectivity index (χ1) is 27.4. The van der Waals surface area contributed by atoms with Crippen molar-refractivity contribution in [3.05, 3.63) is 140 Å². The standard InChI is InChI=1S/C52H54N4/c1-9-35-39(13-5)49-43(29-27-33-23-19-17-20-24-33)50-41(15-7)37(11-3)47(55-50)32-48-38(12-4)42(16-8)52(56-48)44(30-28-34-25-21-18-22-26-34)51-40(14-6)36(10-2)46(54-51)31-45(35)53-49/h17-26,31-32,53-54H,9-16H2,1-8H3. The molecule has 0 amide bonds. The molecule has 3 aromatic heterocycles. The Bertz CT molecular complexity index is 2480. The Morgan fingerprint density at radius 3 is 1.12 bits per heavy atom. The number of rotatable bonds is 8. The van der Waals surface area contributed by atoms with Crippen molar-refractivity contribution in [2.75, 3.05) is 0 Å². The third-order valence-corrected chi connectivity index (χ3v) is 11.5. The van der Waals surface area contributed by atoms with Crippen LogP contribution in [0, 0.1) is 23.7 Å².